The molecule has 14 heavy (non-hydrogen) atoms. The Morgan fingerprint density at radius 1 is 1.00 bits per heavy atom. The van der Waals surface area contributed by atoms with Crippen molar-refractivity contribution in [3.8, 4) is 0 Å². The molecule has 0 bridgehead atoms. The summed E-state index contributed by atoms with van der Waals surface area (Å²) in [5.74, 6) is 2.13. The maximum absolute atomic E-state index is 3.61. The van der Waals surface area contributed by atoms with E-state index in [1.807, 2.05) is 0 Å². The molecule has 1 N–H and O–H groups in total. The summed E-state index contributed by atoms with van der Waals surface area (Å²) >= 11 is 0. The van der Waals surface area contributed by atoms with Crippen LogP contribution in [0.5, 0.6) is 0 Å². The molecule has 2 heteroatoms. The van der Waals surface area contributed by atoms with Crippen LogP contribution in [-0.4, -0.2) is 37.1 Å². The van der Waals surface area contributed by atoms with Crippen molar-refractivity contribution in [1.82, 2.24) is 10.2 Å². The van der Waals surface area contributed by atoms with E-state index in [0.717, 1.165) is 17.9 Å². The molecule has 2 saturated heterocycles. The van der Waals surface area contributed by atoms with E-state index in [9.17, 15) is 0 Å². The van der Waals surface area contributed by atoms with Crippen LogP contribution in [0.2, 0.25) is 0 Å². The molecule has 0 spiro atoms. The summed E-state index contributed by atoms with van der Waals surface area (Å²) in [5, 5.41) is 3.61. The molecular formula is C12H22N2. The van der Waals surface area contributed by atoms with Crippen molar-refractivity contribution in [3.63, 3.8) is 0 Å². The highest BCUT2D eigenvalue weighted by molar-refractivity contribution is 4.90. The maximum atomic E-state index is 3.61. The first kappa shape index (κ1) is 9.17. The van der Waals surface area contributed by atoms with E-state index >= 15 is 0 Å². The molecule has 2 heterocycles. The first-order valence-electron chi connectivity index (χ1n) is 6.37. The van der Waals surface area contributed by atoms with Crippen LogP contribution in [0.1, 0.15) is 32.1 Å². The van der Waals surface area contributed by atoms with Gasteiger partial charge in [0.2, 0.25) is 0 Å². The lowest BCUT2D eigenvalue weighted by molar-refractivity contribution is 0.281. The fourth-order valence-electron chi connectivity index (χ4n) is 3.71. The van der Waals surface area contributed by atoms with Crippen molar-refractivity contribution in [1.29, 1.82) is 0 Å². The van der Waals surface area contributed by atoms with Crippen molar-refractivity contribution in [2.24, 2.45) is 11.8 Å². The van der Waals surface area contributed by atoms with Crippen molar-refractivity contribution in [2.75, 3.05) is 26.2 Å². The van der Waals surface area contributed by atoms with Crippen LogP contribution in [0.25, 0.3) is 0 Å². The molecule has 3 fully saturated rings. The van der Waals surface area contributed by atoms with Crippen LogP contribution in [0.3, 0.4) is 0 Å². The Balaban J connectivity index is 1.50. The minimum absolute atomic E-state index is 0.814. The van der Waals surface area contributed by atoms with Gasteiger partial charge in [-0.15, -0.1) is 0 Å². The third kappa shape index (κ3) is 1.70. The summed E-state index contributed by atoms with van der Waals surface area (Å²) in [6.45, 7) is 5.39. The third-order valence-corrected chi connectivity index (χ3v) is 4.44. The number of nitrogens with one attached hydrogen (secondary N) is 1. The van der Waals surface area contributed by atoms with E-state index < -0.39 is 0 Å². The van der Waals surface area contributed by atoms with Gasteiger partial charge in [0.15, 0.2) is 0 Å². The van der Waals surface area contributed by atoms with Crippen molar-refractivity contribution >= 4 is 0 Å². The van der Waals surface area contributed by atoms with E-state index in [1.54, 1.807) is 0 Å². The van der Waals surface area contributed by atoms with E-state index in [1.165, 1.54) is 58.3 Å². The molecule has 0 radical (unpaired) electrons. The third-order valence-electron chi connectivity index (χ3n) is 4.44. The zero-order valence-corrected chi connectivity index (χ0v) is 9.04. The smallest absolute Gasteiger partial charge is 0.0195 e. The summed E-state index contributed by atoms with van der Waals surface area (Å²) in [6.07, 6.45) is 7.33. The molecule has 3 aliphatic rings. The Kier molecular flexibility index (Phi) is 2.50. The summed E-state index contributed by atoms with van der Waals surface area (Å²) in [5.41, 5.74) is 0. The number of fused-ring (bicyclic) bond motifs is 1. The van der Waals surface area contributed by atoms with Gasteiger partial charge in [-0.1, -0.05) is 6.42 Å². The van der Waals surface area contributed by atoms with Gasteiger partial charge in [0.1, 0.15) is 0 Å². The summed E-state index contributed by atoms with van der Waals surface area (Å²) in [4.78, 5) is 2.72. The van der Waals surface area contributed by atoms with Gasteiger partial charge in [0.25, 0.3) is 0 Å². The topological polar surface area (TPSA) is 15.3 Å². The van der Waals surface area contributed by atoms with Gasteiger partial charge in [-0.05, 0) is 44.1 Å². The molecular weight excluding hydrogens is 172 g/mol. The van der Waals surface area contributed by atoms with Gasteiger partial charge in [0, 0.05) is 25.7 Å². The minimum Gasteiger partial charge on any atom is -0.313 e. The predicted molar refractivity (Wildman–Crippen MR) is 58.3 cm³/mol. The van der Waals surface area contributed by atoms with E-state index in [0.29, 0.717) is 0 Å². The summed E-state index contributed by atoms with van der Waals surface area (Å²) < 4.78 is 0. The second-order valence-corrected chi connectivity index (χ2v) is 5.46. The lowest BCUT2D eigenvalue weighted by Crippen LogP contribution is -2.36. The molecule has 3 atom stereocenters. The molecule has 1 aliphatic carbocycles. The van der Waals surface area contributed by atoms with Gasteiger partial charge in [-0.3, -0.25) is 0 Å². The van der Waals surface area contributed by atoms with E-state index in [2.05, 4.69) is 10.2 Å². The van der Waals surface area contributed by atoms with Crippen LogP contribution >= 0.6 is 0 Å². The molecule has 80 valence electrons. The van der Waals surface area contributed by atoms with Gasteiger partial charge >= 0.3 is 0 Å². The molecule has 3 unspecified atom stereocenters. The molecule has 0 aromatic rings. The Morgan fingerprint density at radius 2 is 1.79 bits per heavy atom. The van der Waals surface area contributed by atoms with Gasteiger partial charge < -0.3 is 10.2 Å². The molecule has 1 saturated carbocycles. The number of hydrogen-bond acceptors (Lipinski definition) is 2. The van der Waals surface area contributed by atoms with Crippen LogP contribution in [0, 0.1) is 11.8 Å². The monoisotopic (exact) mass is 194 g/mol. The molecule has 2 aliphatic heterocycles. The maximum Gasteiger partial charge on any atom is 0.0195 e. The molecule has 0 amide bonds. The number of rotatable bonds is 2. The first-order valence-corrected chi connectivity index (χ1v) is 6.37. The standard InChI is InChI=1S/C12H22N2/c1-3-10-7-14(8-11(10)4-1)9-12-5-2-6-13-12/h10-13H,1-9H2. The zero-order valence-electron chi connectivity index (χ0n) is 9.04. The average molecular weight is 194 g/mol. The fraction of sp³-hybridized carbons (Fsp3) is 1.00. The SMILES string of the molecule is C1CNC(CN2CC3CCCC3C2)C1. The van der Waals surface area contributed by atoms with E-state index in [4.69, 9.17) is 0 Å². The first-order chi connectivity index (χ1) is 6.92. The van der Waals surface area contributed by atoms with Crippen molar-refractivity contribution in [3.05, 3.63) is 0 Å². The lowest BCUT2D eigenvalue weighted by atomic mass is 10.0. The molecule has 2 nitrogen and oxygen atoms in total. The second kappa shape index (κ2) is 3.82. The van der Waals surface area contributed by atoms with Crippen LogP contribution in [-0.2, 0) is 0 Å². The largest absolute Gasteiger partial charge is 0.313 e. The number of hydrogen-bond donors (Lipinski definition) is 1. The number of likely N-dealkylation sites (tertiary alicyclic amines) is 1. The van der Waals surface area contributed by atoms with E-state index in [-0.39, 0.29) is 0 Å². The summed E-state index contributed by atoms with van der Waals surface area (Å²) in [6, 6.07) is 0.814. The Morgan fingerprint density at radius 3 is 2.43 bits per heavy atom. The summed E-state index contributed by atoms with van der Waals surface area (Å²) in [7, 11) is 0. The average Bonchev–Trinajstić information content (AvgIpc) is 2.78. The fourth-order valence-corrected chi connectivity index (χ4v) is 3.71. The Bertz CT molecular complexity index is 186. The normalized spacial score (nSPS) is 43.3. The van der Waals surface area contributed by atoms with Gasteiger partial charge in [0.05, 0.1) is 0 Å². The van der Waals surface area contributed by atoms with Crippen molar-refractivity contribution in [2.45, 2.75) is 38.1 Å². The second-order valence-electron chi connectivity index (χ2n) is 5.46. The van der Waals surface area contributed by atoms with Crippen LogP contribution < -0.4 is 5.32 Å². The molecule has 0 aromatic carbocycles. The number of nitrogens with zero attached hydrogens (tertiary/aromatic N) is 1. The lowest BCUT2D eigenvalue weighted by Gasteiger charge is -2.21. The minimum atomic E-state index is 0.814. The highest BCUT2D eigenvalue weighted by atomic mass is 15.2. The highest BCUT2D eigenvalue weighted by Gasteiger charge is 2.36. The zero-order chi connectivity index (χ0) is 9.38. The highest BCUT2D eigenvalue weighted by Crippen LogP contribution is 2.37. The van der Waals surface area contributed by atoms with Gasteiger partial charge in [-0.2, -0.15) is 0 Å². The quantitative estimate of drug-likeness (QED) is 0.716. The van der Waals surface area contributed by atoms with Crippen LogP contribution in [0.4, 0.5) is 0 Å². The predicted octanol–water partition coefficient (Wildman–Crippen LogP) is 1.47. The van der Waals surface area contributed by atoms with Crippen molar-refractivity contribution < 1.29 is 0 Å². The Labute approximate surface area is 87.0 Å². The molecule has 3 rings (SSSR count). The van der Waals surface area contributed by atoms with Gasteiger partial charge in [-0.25, -0.2) is 0 Å². The van der Waals surface area contributed by atoms with Crippen LogP contribution in [0.15, 0.2) is 0 Å². The Hall–Kier alpha value is -0.0800. The molecule has 0 aromatic heterocycles.